The van der Waals surface area contributed by atoms with Crippen molar-refractivity contribution < 1.29 is 14.3 Å². The number of hydrogen-bond donors (Lipinski definition) is 4. The summed E-state index contributed by atoms with van der Waals surface area (Å²) >= 11 is 0. The fourth-order valence-corrected chi connectivity index (χ4v) is 3.20. The van der Waals surface area contributed by atoms with E-state index in [0.29, 0.717) is 22.6 Å². The van der Waals surface area contributed by atoms with Gasteiger partial charge in [-0.15, -0.1) is 0 Å². The molecule has 0 saturated heterocycles. The van der Waals surface area contributed by atoms with E-state index in [9.17, 15) is 9.59 Å². The molecule has 4 rings (SSSR count). The van der Waals surface area contributed by atoms with E-state index in [1.54, 1.807) is 26.2 Å². The number of benzene rings is 2. The van der Waals surface area contributed by atoms with E-state index in [2.05, 4.69) is 20.7 Å². The molecule has 0 spiro atoms. The summed E-state index contributed by atoms with van der Waals surface area (Å²) in [5.74, 6) is 5.72. The van der Waals surface area contributed by atoms with Gasteiger partial charge >= 0.3 is 0 Å². The number of hydrazine groups is 1. The van der Waals surface area contributed by atoms with Crippen molar-refractivity contribution in [3.05, 3.63) is 42.0 Å². The second-order valence-corrected chi connectivity index (χ2v) is 6.28. The molecular weight excluding hydrogens is 334 g/mol. The van der Waals surface area contributed by atoms with Gasteiger partial charge in [0, 0.05) is 16.8 Å². The molecule has 3 aromatic rings. The largest absolute Gasteiger partial charge is 0.497 e. The number of methoxy groups -OCH3 is 1. The van der Waals surface area contributed by atoms with Crippen LogP contribution in [0.1, 0.15) is 12.5 Å². The first-order chi connectivity index (χ1) is 12.5. The van der Waals surface area contributed by atoms with Crippen molar-refractivity contribution in [2.24, 2.45) is 5.84 Å². The lowest BCUT2D eigenvalue weighted by molar-refractivity contribution is -0.133. The van der Waals surface area contributed by atoms with E-state index >= 15 is 0 Å². The third kappa shape index (κ3) is 2.16. The van der Waals surface area contributed by atoms with Gasteiger partial charge in [-0.3, -0.25) is 15.0 Å². The van der Waals surface area contributed by atoms with E-state index < -0.39 is 17.2 Å². The van der Waals surface area contributed by atoms with Gasteiger partial charge in [0.2, 0.25) is 5.91 Å². The summed E-state index contributed by atoms with van der Waals surface area (Å²) in [4.78, 5) is 32.3. The fourth-order valence-electron chi connectivity index (χ4n) is 3.20. The molecule has 0 aliphatic carbocycles. The van der Waals surface area contributed by atoms with Gasteiger partial charge in [0.15, 0.2) is 5.41 Å². The van der Waals surface area contributed by atoms with E-state index in [-0.39, 0.29) is 0 Å². The van der Waals surface area contributed by atoms with Crippen LogP contribution in [0.25, 0.3) is 22.4 Å². The Bertz CT molecular complexity index is 1040. The van der Waals surface area contributed by atoms with Crippen LogP contribution in [0.5, 0.6) is 5.75 Å². The maximum atomic E-state index is 12.3. The van der Waals surface area contributed by atoms with Crippen LogP contribution in [0.2, 0.25) is 0 Å². The standard InChI is InChI=1S/C18H17N5O3/c1-18(17(25)23-19)11-7-13-14(8-12(11)22-16(18)24)21-15(20-13)9-3-5-10(26-2)6-4-9/h3-8H,19H2,1-2H3,(H,20,21)(H,22,24)(H,23,25). The van der Waals surface area contributed by atoms with Crippen LogP contribution in [-0.2, 0) is 15.0 Å². The Morgan fingerprint density at radius 2 is 2.00 bits per heavy atom. The van der Waals surface area contributed by atoms with E-state index in [4.69, 9.17) is 10.6 Å². The Balaban J connectivity index is 1.82. The predicted octanol–water partition coefficient (Wildman–Crippen LogP) is 1.44. The quantitative estimate of drug-likeness (QED) is 0.246. The SMILES string of the molecule is COc1ccc(-c2nc3cc4c(cc3[nH]2)C(C)(C(=O)NN)C(=O)N4)cc1. The summed E-state index contributed by atoms with van der Waals surface area (Å²) in [5, 5.41) is 2.73. The first-order valence-corrected chi connectivity index (χ1v) is 7.98. The van der Waals surface area contributed by atoms with Crippen molar-refractivity contribution in [2.45, 2.75) is 12.3 Å². The molecule has 1 atom stereocenters. The molecule has 2 amide bonds. The minimum absolute atomic E-state index is 0.418. The van der Waals surface area contributed by atoms with Crippen molar-refractivity contribution in [3.8, 4) is 17.1 Å². The van der Waals surface area contributed by atoms with Gasteiger partial charge in [0.05, 0.1) is 18.1 Å². The van der Waals surface area contributed by atoms with Gasteiger partial charge in [-0.25, -0.2) is 10.8 Å². The number of fused-ring (bicyclic) bond motifs is 2. The molecule has 1 aliphatic rings. The average molecular weight is 351 g/mol. The zero-order valence-corrected chi connectivity index (χ0v) is 14.2. The molecule has 0 bridgehead atoms. The van der Waals surface area contributed by atoms with Crippen LogP contribution in [0.15, 0.2) is 36.4 Å². The van der Waals surface area contributed by atoms with Crippen LogP contribution in [-0.4, -0.2) is 28.9 Å². The molecule has 5 N–H and O–H groups in total. The highest BCUT2D eigenvalue weighted by atomic mass is 16.5. The Morgan fingerprint density at radius 1 is 1.27 bits per heavy atom. The minimum atomic E-state index is -1.39. The van der Waals surface area contributed by atoms with Gasteiger partial charge in [0.25, 0.3) is 5.91 Å². The number of aromatic nitrogens is 2. The third-order valence-corrected chi connectivity index (χ3v) is 4.81. The van der Waals surface area contributed by atoms with Crippen LogP contribution >= 0.6 is 0 Å². The van der Waals surface area contributed by atoms with E-state index in [1.165, 1.54) is 0 Å². The summed E-state index contributed by atoms with van der Waals surface area (Å²) in [6.07, 6.45) is 0. The fraction of sp³-hybridized carbons (Fsp3) is 0.167. The molecule has 8 heteroatoms. The summed E-state index contributed by atoms with van der Waals surface area (Å²) in [6.45, 7) is 1.54. The van der Waals surface area contributed by atoms with E-state index in [1.807, 2.05) is 24.3 Å². The normalized spacial score (nSPS) is 18.5. The van der Waals surface area contributed by atoms with E-state index in [0.717, 1.165) is 16.8 Å². The van der Waals surface area contributed by atoms with Crippen molar-refractivity contribution in [3.63, 3.8) is 0 Å². The van der Waals surface area contributed by atoms with Crippen LogP contribution in [0, 0.1) is 0 Å². The van der Waals surface area contributed by atoms with Gasteiger partial charge in [-0.2, -0.15) is 0 Å². The number of nitrogens with two attached hydrogens (primary N) is 1. The molecule has 132 valence electrons. The number of rotatable bonds is 3. The topological polar surface area (TPSA) is 122 Å². The predicted molar refractivity (Wildman–Crippen MR) is 96.4 cm³/mol. The molecule has 0 saturated carbocycles. The number of imidazole rings is 1. The first kappa shape index (κ1) is 16.1. The number of H-pyrrole nitrogens is 1. The lowest BCUT2D eigenvalue weighted by Crippen LogP contribution is -2.49. The Labute approximate surface area is 148 Å². The lowest BCUT2D eigenvalue weighted by Gasteiger charge is -2.19. The highest BCUT2D eigenvalue weighted by molar-refractivity contribution is 6.21. The van der Waals surface area contributed by atoms with Gasteiger partial charge in [-0.1, -0.05) is 0 Å². The van der Waals surface area contributed by atoms with Gasteiger partial charge in [-0.05, 0) is 43.3 Å². The monoisotopic (exact) mass is 351 g/mol. The second kappa shape index (κ2) is 5.57. The van der Waals surface area contributed by atoms with Crippen molar-refractivity contribution in [2.75, 3.05) is 12.4 Å². The first-order valence-electron chi connectivity index (χ1n) is 7.98. The summed E-state index contributed by atoms with van der Waals surface area (Å²) < 4.78 is 5.16. The number of anilines is 1. The molecule has 8 nitrogen and oxygen atoms in total. The number of nitrogens with zero attached hydrogens (tertiary/aromatic N) is 1. The molecule has 2 aromatic carbocycles. The number of carbonyl (C=O) groups excluding carboxylic acids is 2. The molecule has 1 aromatic heterocycles. The van der Waals surface area contributed by atoms with Crippen LogP contribution in [0.4, 0.5) is 5.69 Å². The van der Waals surface area contributed by atoms with Crippen LogP contribution < -0.4 is 21.3 Å². The third-order valence-electron chi connectivity index (χ3n) is 4.81. The molecule has 1 aliphatic heterocycles. The Morgan fingerprint density at radius 3 is 2.65 bits per heavy atom. The lowest BCUT2D eigenvalue weighted by atomic mass is 9.83. The zero-order valence-electron chi connectivity index (χ0n) is 14.2. The number of nitrogens with one attached hydrogen (secondary N) is 3. The molecule has 1 unspecified atom stereocenters. The number of amides is 2. The smallest absolute Gasteiger partial charge is 0.253 e. The number of ether oxygens (including phenoxy) is 1. The summed E-state index contributed by atoms with van der Waals surface area (Å²) in [7, 11) is 1.61. The molecule has 2 heterocycles. The average Bonchev–Trinajstić information content (AvgIpc) is 3.18. The highest BCUT2D eigenvalue weighted by Gasteiger charge is 2.49. The summed E-state index contributed by atoms with van der Waals surface area (Å²) in [5.41, 5.74) is 4.11. The molecule has 0 radical (unpaired) electrons. The number of carbonyl (C=O) groups is 2. The highest BCUT2D eigenvalue weighted by Crippen LogP contribution is 2.40. The van der Waals surface area contributed by atoms with Crippen molar-refractivity contribution >= 4 is 28.5 Å². The van der Waals surface area contributed by atoms with Gasteiger partial charge < -0.3 is 15.0 Å². The van der Waals surface area contributed by atoms with Gasteiger partial charge in [0.1, 0.15) is 11.6 Å². The molecular formula is C18H17N5O3. The zero-order chi connectivity index (χ0) is 18.5. The van der Waals surface area contributed by atoms with Crippen molar-refractivity contribution in [1.82, 2.24) is 15.4 Å². The second-order valence-electron chi connectivity index (χ2n) is 6.28. The maximum Gasteiger partial charge on any atom is 0.253 e. The minimum Gasteiger partial charge on any atom is -0.497 e. The van der Waals surface area contributed by atoms with Crippen LogP contribution in [0.3, 0.4) is 0 Å². The molecule has 0 fully saturated rings. The van der Waals surface area contributed by atoms with Crippen molar-refractivity contribution in [1.29, 1.82) is 0 Å². The number of hydrogen-bond acceptors (Lipinski definition) is 5. The molecule has 26 heavy (non-hydrogen) atoms. The summed E-state index contributed by atoms with van der Waals surface area (Å²) in [6, 6.07) is 11.0. The number of aromatic amines is 1. The Hall–Kier alpha value is -3.39. The maximum absolute atomic E-state index is 12.3. The Kier molecular flexibility index (Phi) is 3.45.